The molecular formula is C16H14BrN3O2. The first-order chi connectivity index (χ1) is 10.7. The van der Waals surface area contributed by atoms with E-state index in [-0.39, 0.29) is 0 Å². The van der Waals surface area contributed by atoms with Crippen LogP contribution in [0.3, 0.4) is 0 Å². The monoisotopic (exact) mass is 359 g/mol. The van der Waals surface area contributed by atoms with Crippen LogP contribution in [0, 0.1) is 0 Å². The van der Waals surface area contributed by atoms with E-state index in [9.17, 15) is 4.79 Å². The Morgan fingerprint density at radius 3 is 2.77 bits per heavy atom. The van der Waals surface area contributed by atoms with Crippen LogP contribution in [0.25, 0.3) is 10.9 Å². The van der Waals surface area contributed by atoms with Gasteiger partial charge in [0.15, 0.2) is 0 Å². The molecule has 0 aliphatic rings. The molecular weight excluding hydrogens is 346 g/mol. The summed E-state index contributed by atoms with van der Waals surface area (Å²) in [6.45, 7) is 0. The normalized spacial score (nSPS) is 12.3. The number of halogens is 1. The van der Waals surface area contributed by atoms with E-state index in [1.807, 2.05) is 54.7 Å². The van der Waals surface area contributed by atoms with Gasteiger partial charge in [0.25, 0.3) is 5.91 Å². The molecule has 6 heteroatoms. The molecule has 0 radical (unpaired) electrons. The van der Waals surface area contributed by atoms with Crippen molar-refractivity contribution in [1.82, 2.24) is 15.3 Å². The van der Waals surface area contributed by atoms with Gasteiger partial charge in [0, 0.05) is 22.5 Å². The molecule has 0 spiro atoms. The van der Waals surface area contributed by atoms with Crippen LogP contribution in [-0.2, 0) is 11.2 Å². The van der Waals surface area contributed by atoms with E-state index < -0.39 is 11.9 Å². The van der Waals surface area contributed by atoms with Gasteiger partial charge in [-0.3, -0.25) is 14.7 Å². The first kappa shape index (κ1) is 14.7. The zero-order valence-corrected chi connectivity index (χ0v) is 13.2. The molecule has 0 saturated heterocycles. The van der Waals surface area contributed by atoms with Crippen molar-refractivity contribution in [2.75, 3.05) is 0 Å². The Balaban J connectivity index is 1.98. The second-order valence-electron chi connectivity index (χ2n) is 4.99. The summed E-state index contributed by atoms with van der Waals surface area (Å²) in [4.78, 5) is 12.0. The summed E-state index contributed by atoms with van der Waals surface area (Å²) in [6.07, 6.45) is 2.26. The van der Waals surface area contributed by atoms with Gasteiger partial charge in [0.1, 0.15) is 6.04 Å². The summed E-state index contributed by atoms with van der Waals surface area (Å²) in [5.74, 6) is -0.490. The molecule has 1 heterocycles. The lowest BCUT2D eigenvalue weighted by molar-refractivity contribution is -0.132. The number of aromatic nitrogens is 2. The summed E-state index contributed by atoms with van der Waals surface area (Å²) in [6, 6.07) is 14.7. The maximum atomic E-state index is 12.0. The number of hydrogen-bond acceptors (Lipinski definition) is 3. The third-order valence-electron chi connectivity index (χ3n) is 3.49. The smallest absolute Gasteiger partial charge is 0.268 e. The quantitative estimate of drug-likeness (QED) is 0.555. The van der Waals surface area contributed by atoms with Crippen molar-refractivity contribution in [2.24, 2.45) is 0 Å². The maximum absolute atomic E-state index is 12.0. The Kier molecular flexibility index (Phi) is 4.22. The third kappa shape index (κ3) is 3.03. The van der Waals surface area contributed by atoms with Gasteiger partial charge in [-0.15, -0.1) is 0 Å². The van der Waals surface area contributed by atoms with E-state index in [4.69, 9.17) is 5.21 Å². The lowest BCUT2D eigenvalue weighted by Crippen LogP contribution is -2.32. The number of benzene rings is 2. The van der Waals surface area contributed by atoms with Gasteiger partial charge in [-0.1, -0.05) is 46.3 Å². The number of hydrogen-bond donors (Lipinski definition) is 2. The Morgan fingerprint density at radius 1 is 1.27 bits per heavy atom. The van der Waals surface area contributed by atoms with Crippen molar-refractivity contribution >= 4 is 32.7 Å². The van der Waals surface area contributed by atoms with Gasteiger partial charge in [-0.05, 0) is 23.8 Å². The average molecular weight is 360 g/mol. The number of nitrogens with zero attached hydrogens (tertiary/aromatic N) is 2. The lowest BCUT2D eigenvalue weighted by Gasteiger charge is -2.15. The van der Waals surface area contributed by atoms with Crippen molar-refractivity contribution in [1.29, 1.82) is 0 Å². The Bertz CT molecular complexity index is 802. The van der Waals surface area contributed by atoms with Crippen LogP contribution in [0.2, 0.25) is 0 Å². The fourth-order valence-electron chi connectivity index (χ4n) is 2.39. The van der Waals surface area contributed by atoms with Crippen LogP contribution in [0.5, 0.6) is 0 Å². The van der Waals surface area contributed by atoms with E-state index >= 15 is 0 Å². The molecule has 1 atom stereocenters. The Morgan fingerprint density at radius 2 is 2.05 bits per heavy atom. The Labute approximate surface area is 135 Å². The summed E-state index contributed by atoms with van der Waals surface area (Å²) < 4.78 is 2.54. The van der Waals surface area contributed by atoms with Crippen molar-refractivity contribution in [2.45, 2.75) is 12.5 Å². The van der Waals surface area contributed by atoms with Crippen LogP contribution in [-0.4, -0.2) is 20.9 Å². The SMILES string of the molecule is O=C(NO)C(Cc1ccccc1)n1cc2cc(Br)ccc2n1. The molecule has 0 bridgehead atoms. The first-order valence-corrected chi connectivity index (χ1v) is 7.59. The average Bonchev–Trinajstić information content (AvgIpc) is 2.95. The fourth-order valence-corrected chi connectivity index (χ4v) is 2.77. The molecule has 112 valence electrons. The van der Waals surface area contributed by atoms with Gasteiger partial charge in [-0.25, -0.2) is 5.48 Å². The second-order valence-corrected chi connectivity index (χ2v) is 5.91. The minimum Gasteiger partial charge on any atom is -0.289 e. The summed E-state index contributed by atoms with van der Waals surface area (Å²) in [7, 11) is 0. The first-order valence-electron chi connectivity index (χ1n) is 6.79. The molecule has 2 aromatic carbocycles. The van der Waals surface area contributed by atoms with E-state index in [1.165, 1.54) is 0 Å². The van der Waals surface area contributed by atoms with Gasteiger partial charge < -0.3 is 0 Å². The van der Waals surface area contributed by atoms with Crippen molar-refractivity contribution < 1.29 is 10.0 Å². The zero-order valence-electron chi connectivity index (χ0n) is 11.6. The van der Waals surface area contributed by atoms with Crippen LogP contribution in [0.15, 0.2) is 59.2 Å². The third-order valence-corrected chi connectivity index (χ3v) is 3.98. The van der Waals surface area contributed by atoms with Gasteiger partial charge >= 0.3 is 0 Å². The maximum Gasteiger partial charge on any atom is 0.268 e. The highest BCUT2D eigenvalue weighted by Crippen LogP contribution is 2.22. The van der Waals surface area contributed by atoms with Crippen molar-refractivity contribution in [3.8, 4) is 0 Å². The number of fused-ring (bicyclic) bond motifs is 1. The molecule has 0 aliphatic carbocycles. The minimum absolute atomic E-state index is 0.447. The van der Waals surface area contributed by atoms with Crippen molar-refractivity contribution in [3.63, 3.8) is 0 Å². The topological polar surface area (TPSA) is 67.2 Å². The molecule has 1 unspecified atom stereocenters. The molecule has 1 amide bonds. The number of hydroxylamine groups is 1. The molecule has 3 aromatic rings. The molecule has 2 N–H and O–H groups in total. The highest BCUT2D eigenvalue weighted by molar-refractivity contribution is 9.10. The van der Waals surface area contributed by atoms with Crippen LogP contribution >= 0.6 is 15.9 Å². The molecule has 1 aromatic heterocycles. The fraction of sp³-hybridized carbons (Fsp3) is 0.125. The predicted molar refractivity (Wildman–Crippen MR) is 86.5 cm³/mol. The zero-order chi connectivity index (χ0) is 15.5. The summed E-state index contributed by atoms with van der Waals surface area (Å²) in [5.41, 5.74) is 3.53. The second kappa shape index (κ2) is 6.29. The molecule has 22 heavy (non-hydrogen) atoms. The molecule has 5 nitrogen and oxygen atoms in total. The number of nitrogens with one attached hydrogen (secondary N) is 1. The highest BCUT2D eigenvalue weighted by atomic mass is 79.9. The van der Waals surface area contributed by atoms with Gasteiger partial charge in [0.05, 0.1) is 5.52 Å². The lowest BCUT2D eigenvalue weighted by atomic mass is 10.1. The molecule has 0 fully saturated rings. The molecule has 0 aliphatic heterocycles. The largest absolute Gasteiger partial charge is 0.289 e. The van der Waals surface area contributed by atoms with Gasteiger partial charge in [-0.2, -0.15) is 5.10 Å². The van der Waals surface area contributed by atoms with Crippen molar-refractivity contribution in [3.05, 3.63) is 64.8 Å². The van der Waals surface area contributed by atoms with Crippen LogP contribution in [0.1, 0.15) is 11.6 Å². The van der Waals surface area contributed by atoms with Gasteiger partial charge in [0.2, 0.25) is 0 Å². The molecule has 0 saturated carbocycles. The highest BCUT2D eigenvalue weighted by Gasteiger charge is 2.22. The standard InChI is InChI=1S/C16H14BrN3O2/c17-13-6-7-14-12(9-13)10-20(18-14)15(16(21)19-22)8-11-4-2-1-3-5-11/h1-7,9-10,15,22H,8H2,(H,19,21). The van der Waals surface area contributed by atoms with E-state index in [2.05, 4.69) is 21.0 Å². The van der Waals surface area contributed by atoms with E-state index in [0.29, 0.717) is 6.42 Å². The number of carbonyl (C=O) groups is 1. The number of carbonyl (C=O) groups excluding carboxylic acids is 1. The number of amides is 1. The van der Waals surface area contributed by atoms with E-state index in [0.717, 1.165) is 20.9 Å². The summed E-state index contributed by atoms with van der Waals surface area (Å²) in [5, 5.41) is 14.4. The number of rotatable bonds is 4. The van der Waals surface area contributed by atoms with E-state index in [1.54, 1.807) is 10.2 Å². The minimum atomic E-state index is -0.612. The van der Waals surface area contributed by atoms with Crippen LogP contribution in [0.4, 0.5) is 0 Å². The Hall–Kier alpha value is -2.18. The predicted octanol–water partition coefficient (Wildman–Crippen LogP) is 3.09. The molecule has 3 rings (SSSR count). The summed E-state index contributed by atoms with van der Waals surface area (Å²) >= 11 is 3.42. The van der Waals surface area contributed by atoms with Crippen LogP contribution < -0.4 is 5.48 Å².